The standard InChI is InChI=1S/C16H16O.C2H6/c1-3-15-11-13(2)9-10-16(15)17-12-14-7-5-4-6-8-14;1-2/h3-11H,1,12H2,2H3;1-2H3. The van der Waals surface area contributed by atoms with Crippen LogP contribution in [0.25, 0.3) is 6.08 Å². The fraction of sp³-hybridized carbons (Fsp3) is 0.222. The summed E-state index contributed by atoms with van der Waals surface area (Å²) in [4.78, 5) is 0. The van der Waals surface area contributed by atoms with Crippen molar-refractivity contribution in [1.82, 2.24) is 0 Å². The molecule has 0 amide bonds. The van der Waals surface area contributed by atoms with E-state index in [4.69, 9.17) is 4.74 Å². The van der Waals surface area contributed by atoms with Gasteiger partial charge in [-0.2, -0.15) is 0 Å². The van der Waals surface area contributed by atoms with Crippen molar-refractivity contribution in [2.24, 2.45) is 0 Å². The second-order valence-electron chi connectivity index (χ2n) is 4.02. The lowest BCUT2D eigenvalue weighted by Gasteiger charge is -2.10. The SMILES string of the molecule is C=Cc1cc(C)ccc1OCc1ccccc1.CC. The zero-order valence-electron chi connectivity index (χ0n) is 12.0. The molecule has 0 saturated heterocycles. The molecule has 0 atom stereocenters. The van der Waals surface area contributed by atoms with Crippen LogP contribution in [0.2, 0.25) is 0 Å². The van der Waals surface area contributed by atoms with Crippen molar-refractivity contribution >= 4 is 6.08 Å². The number of rotatable bonds is 4. The van der Waals surface area contributed by atoms with Crippen molar-refractivity contribution in [2.75, 3.05) is 0 Å². The summed E-state index contributed by atoms with van der Waals surface area (Å²) in [7, 11) is 0. The average Bonchev–Trinajstić information content (AvgIpc) is 2.49. The Hall–Kier alpha value is -2.02. The molecule has 0 heterocycles. The van der Waals surface area contributed by atoms with E-state index in [1.807, 2.05) is 50.3 Å². The molecular weight excluding hydrogens is 232 g/mol. The first-order valence-corrected chi connectivity index (χ1v) is 6.69. The van der Waals surface area contributed by atoms with Crippen molar-refractivity contribution in [3.8, 4) is 5.75 Å². The minimum absolute atomic E-state index is 0.588. The molecule has 0 radical (unpaired) electrons. The largest absolute Gasteiger partial charge is 0.488 e. The number of ether oxygens (including phenoxy) is 1. The number of hydrogen-bond donors (Lipinski definition) is 0. The van der Waals surface area contributed by atoms with Gasteiger partial charge in [-0.3, -0.25) is 0 Å². The second-order valence-corrected chi connectivity index (χ2v) is 4.02. The lowest BCUT2D eigenvalue weighted by Crippen LogP contribution is -1.96. The van der Waals surface area contributed by atoms with E-state index in [1.165, 1.54) is 11.1 Å². The first kappa shape index (κ1) is 15.0. The topological polar surface area (TPSA) is 9.23 Å². The third-order valence-electron chi connectivity index (χ3n) is 2.62. The molecule has 1 heteroatoms. The average molecular weight is 254 g/mol. The summed E-state index contributed by atoms with van der Waals surface area (Å²) in [6.07, 6.45) is 1.83. The summed E-state index contributed by atoms with van der Waals surface area (Å²) >= 11 is 0. The van der Waals surface area contributed by atoms with Crippen molar-refractivity contribution < 1.29 is 4.74 Å². The van der Waals surface area contributed by atoms with Gasteiger partial charge in [0.2, 0.25) is 0 Å². The minimum atomic E-state index is 0.588. The Morgan fingerprint density at radius 1 is 1.05 bits per heavy atom. The van der Waals surface area contributed by atoms with Crippen LogP contribution in [0.3, 0.4) is 0 Å². The molecule has 0 spiro atoms. The molecule has 0 saturated carbocycles. The van der Waals surface area contributed by atoms with Gasteiger partial charge in [-0.05, 0) is 24.6 Å². The number of aryl methyl sites for hydroxylation is 1. The highest BCUT2D eigenvalue weighted by Crippen LogP contribution is 2.22. The predicted octanol–water partition coefficient (Wildman–Crippen LogP) is 5.24. The second kappa shape index (κ2) is 8.15. The molecule has 0 aliphatic carbocycles. The van der Waals surface area contributed by atoms with Crippen molar-refractivity contribution in [3.05, 3.63) is 71.8 Å². The molecule has 0 N–H and O–H groups in total. The number of benzene rings is 2. The van der Waals surface area contributed by atoms with Crippen LogP contribution in [0.15, 0.2) is 55.1 Å². The highest BCUT2D eigenvalue weighted by atomic mass is 16.5. The summed E-state index contributed by atoms with van der Waals surface area (Å²) < 4.78 is 5.80. The van der Waals surface area contributed by atoms with Crippen LogP contribution in [0.4, 0.5) is 0 Å². The van der Waals surface area contributed by atoms with Crippen molar-refractivity contribution in [3.63, 3.8) is 0 Å². The summed E-state index contributed by atoms with van der Waals surface area (Å²) in [6, 6.07) is 16.3. The quantitative estimate of drug-likeness (QED) is 0.724. The van der Waals surface area contributed by atoms with Crippen LogP contribution in [-0.2, 0) is 6.61 Å². The smallest absolute Gasteiger partial charge is 0.127 e. The fourth-order valence-electron chi connectivity index (χ4n) is 1.69. The molecule has 0 aliphatic heterocycles. The lowest BCUT2D eigenvalue weighted by molar-refractivity contribution is 0.305. The van der Waals surface area contributed by atoms with E-state index in [-0.39, 0.29) is 0 Å². The van der Waals surface area contributed by atoms with Crippen molar-refractivity contribution in [1.29, 1.82) is 0 Å². The van der Waals surface area contributed by atoms with Crippen LogP contribution in [-0.4, -0.2) is 0 Å². The van der Waals surface area contributed by atoms with E-state index in [9.17, 15) is 0 Å². The molecular formula is C18H22O. The first-order chi connectivity index (χ1) is 9.29. The minimum Gasteiger partial charge on any atom is -0.488 e. The summed E-state index contributed by atoms with van der Waals surface area (Å²) in [5.74, 6) is 0.884. The Bertz CT molecular complexity index is 500. The van der Waals surface area contributed by atoms with E-state index < -0.39 is 0 Å². The molecule has 0 fully saturated rings. The summed E-state index contributed by atoms with van der Waals surface area (Å²) in [5.41, 5.74) is 3.43. The van der Waals surface area contributed by atoms with Crippen LogP contribution >= 0.6 is 0 Å². The summed E-state index contributed by atoms with van der Waals surface area (Å²) in [5, 5.41) is 0. The van der Waals surface area contributed by atoms with Gasteiger partial charge in [-0.1, -0.05) is 68.5 Å². The van der Waals surface area contributed by atoms with Gasteiger partial charge in [0.05, 0.1) is 0 Å². The van der Waals surface area contributed by atoms with E-state index in [0.717, 1.165) is 11.3 Å². The highest BCUT2D eigenvalue weighted by molar-refractivity contribution is 5.56. The van der Waals surface area contributed by atoms with E-state index >= 15 is 0 Å². The van der Waals surface area contributed by atoms with Crippen LogP contribution in [0.5, 0.6) is 5.75 Å². The van der Waals surface area contributed by atoms with Gasteiger partial charge < -0.3 is 4.74 Å². The molecule has 100 valence electrons. The molecule has 19 heavy (non-hydrogen) atoms. The zero-order chi connectivity index (χ0) is 14.1. The zero-order valence-corrected chi connectivity index (χ0v) is 12.0. The molecule has 0 unspecified atom stereocenters. The molecule has 2 rings (SSSR count). The third-order valence-corrected chi connectivity index (χ3v) is 2.62. The van der Waals surface area contributed by atoms with E-state index in [2.05, 4.69) is 31.7 Å². The maximum absolute atomic E-state index is 5.80. The van der Waals surface area contributed by atoms with E-state index in [0.29, 0.717) is 6.61 Å². The molecule has 0 bridgehead atoms. The maximum Gasteiger partial charge on any atom is 0.127 e. The first-order valence-electron chi connectivity index (χ1n) is 6.69. The van der Waals surface area contributed by atoms with Crippen LogP contribution in [0.1, 0.15) is 30.5 Å². The van der Waals surface area contributed by atoms with Gasteiger partial charge in [0.25, 0.3) is 0 Å². The normalized spacial score (nSPS) is 9.21. The Morgan fingerprint density at radius 2 is 1.74 bits per heavy atom. The Morgan fingerprint density at radius 3 is 2.37 bits per heavy atom. The molecule has 0 aromatic heterocycles. The Labute approximate surface area is 116 Å². The van der Waals surface area contributed by atoms with Crippen LogP contribution in [0, 0.1) is 6.92 Å². The molecule has 2 aromatic rings. The van der Waals surface area contributed by atoms with Gasteiger partial charge in [-0.15, -0.1) is 0 Å². The molecule has 2 aromatic carbocycles. The number of hydrogen-bond acceptors (Lipinski definition) is 1. The maximum atomic E-state index is 5.80. The van der Waals surface area contributed by atoms with Gasteiger partial charge in [0, 0.05) is 5.56 Å². The Balaban J connectivity index is 0.000000861. The summed E-state index contributed by atoms with van der Waals surface area (Å²) in [6.45, 7) is 10.5. The van der Waals surface area contributed by atoms with Crippen molar-refractivity contribution in [2.45, 2.75) is 27.4 Å². The van der Waals surface area contributed by atoms with Crippen LogP contribution < -0.4 is 4.74 Å². The predicted molar refractivity (Wildman–Crippen MR) is 83.4 cm³/mol. The highest BCUT2D eigenvalue weighted by Gasteiger charge is 2.01. The lowest BCUT2D eigenvalue weighted by atomic mass is 10.1. The van der Waals surface area contributed by atoms with E-state index in [1.54, 1.807) is 0 Å². The molecule has 1 nitrogen and oxygen atoms in total. The van der Waals surface area contributed by atoms with Gasteiger partial charge in [0.15, 0.2) is 0 Å². The fourth-order valence-corrected chi connectivity index (χ4v) is 1.69. The third kappa shape index (κ3) is 4.63. The van der Waals surface area contributed by atoms with Gasteiger partial charge in [0.1, 0.15) is 12.4 Å². The monoisotopic (exact) mass is 254 g/mol. The Kier molecular flexibility index (Phi) is 6.45. The molecule has 0 aliphatic rings. The van der Waals surface area contributed by atoms with Gasteiger partial charge in [-0.25, -0.2) is 0 Å². The van der Waals surface area contributed by atoms with Gasteiger partial charge >= 0.3 is 0 Å².